The molecule has 0 unspecified atom stereocenters. The van der Waals surface area contributed by atoms with Crippen molar-refractivity contribution in [3.05, 3.63) is 0 Å². The second-order valence-electron chi connectivity index (χ2n) is 2.38. The van der Waals surface area contributed by atoms with Crippen molar-refractivity contribution >= 4 is 0 Å². The molecule has 2 aliphatic heterocycles. The smallest absolute Gasteiger partial charge is 0.0508 e. The van der Waals surface area contributed by atoms with Gasteiger partial charge in [-0.1, -0.05) is 0 Å². The summed E-state index contributed by atoms with van der Waals surface area (Å²) in [5, 5.41) is 0. The van der Waals surface area contributed by atoms with E-state index in [2.05, 4.69) is 9.80 Å². The molecular formula is C5H10N2. The lowest BCUT2D eigenvalue weighted by Crippen LogP contribution is -2.08. The topological polar surface area (TPSA) is 6.02 Å². The van der Waals surface area contributed by atoms with Crippen LogP contribution in [0.2, 0.25) is 0 Å². The zero-order valence-corrected chi connectivity index (χ0v) is 4.43. The second-order valence-corrected chi connectivity index (χ2v) is 2.38. The molecular weight excluding hydrogens is 88.1 g/mol. The van der Waals surface area contributed by atoms with Crippen LogP contribution in [-0.2, 0) is 0 Å². The van der Waals surface area contributed by atoms with Crippen LogP contribution >= 0.6 is 0 Å². The first-order chi connectivity index (χ1) is 3.45. The molecule has 0 aromatic heterocycles. The standard InChI is InChI=1S/C5H10N2/c1-2-6(1)5-7-3-4-7/h1-5H2. The van der Waals surface area contributed by atoms with Crippen molar-refractivity contribution in [3.8, 4) is 0 Å². The number of rotatable bonds is 2. The molecule has 0 saturated carbocycles. The summed E-state index contributed by atoms with van der Waals surface area (Å²) in [4.78, 5) is 4.88. The summed E-state index contributed by atoms with van der Waals surface area (Å²) in [5.74, 6) is 0. The quantitative estimate of drug-likeness (QED) is 0.432. The molecule has 0 aromatic carbocycles. The van der Waals surface area contributed by atoms with E-state index in [1.54, 1.807) is 0 Å². The van der Waals surface area contributed by atoms with Crippen molar-refractivity contribution < 1.29 is 0 Å². The van der Waals surface area contributed by atoms with E-state index in [1.165, 1.54) is 32.8 Å². The van der Waals surface area contributed by atoms with Gasteiger partial charge in [0, 0.05) is 26.2 Å². The molecule has 0 radical (unpaired) electrons. The number of hydrogen-bond acceptors (Lipinski definition) is 2. The van der Waals surface area contributed by atoms with Crippen molar-refractivity contribution in [1.29, 1.82) is 0 Å². The summed E-state index contributed by atoms with van der Waals surface area (Å²) in [6.07, 6.45) is 0. The van der Waals surface area contributed by atoms with Crippen molar-refractivity contribution in [3.63, 3.8) is 0 Å². The summed E-state index contributed by atoms with van der Waals surface area (Å²) >= 11 is 0. The summed E-state index contributed by atoms with van der Waals surface area (Å²) in [7, 11) is 0. The van der Waals surface area contributed by atoms with Gasteiger partial charge in [-0.3, -0.25) is 9.80 Å². The van der Waals surface area contributed by atoms with Crippen LogP contribution in [0, 0.1) is 0 Å². The average molecular weight is 98.1 g/mol. The molecule has 40 valence electrons. The molecule has 0 amide bonds. The minimum atomic E-state index is 1.25. The third kappa shape index (κ3) is 0.924. The highest BCUT2D eigenvalue weighted by molar-refractivity contribution is 4.78. The average Bonchev–Trinajstić information content (AvgIpc) is 2.33. The van der Waals surface area contributed by atoms with E-state index in [9.17, 15) is 0 Å². The minimum absolute atomic E-state index is 1.25. The predicted molar refractivity (Wildman–Crippen MR) is 28.0 cm³/mol. The zero-order chi connectivity index (χ0) is 4.69. The lowest BCUT2D eigenvalue weighted by molar-refractivity contribution is 0.396. The first-order valence-corrected chi connectivity index (χ1v) is 2.90. The first kappa shape index (κ1) is 3.87. The Labute approximate surface area is 43.7 Å². The van der Waals surface area contributed by atoms with Crippen molar-refractivity contribution in [2.75, 3.05) is 32.8 Å². The van der Waals surface area contributed by atoms with Crippen LogP contribution < -0.4 is 0 Å². The van der Waals surface area contributed by atoms with Crippen molar-refractivity contribution in [2.24, 2.45) is 0 Å². The van der Waals surface area contributed by atoms with Gasteiger partial charge in [-0.25, -0.2) is 0 Å². The number of nitrogens with zero attached hydrogens (tertiary/aromatic N) is 2. The Morgan fingerprint density at radius 2 is 1.29 bits per heavy atom. The Morgan fingerprint density at radius 1 is 0.857 bits per heavy atom. The van der Waals surface area contributed by atoms with E-state index in [0.717, 1.165) is 0 Å². The van der Waals surface area contributed by atoms with E-state index < -0.39 is 0 Å². The third-order valence-electron chi connectivity index (χ3n) is 1.48. The molecule has 0 N–H and O–H groups in total. The highest BCUT2D eigenvalue weighted by Gasteiger charge is 2.25. The van der Waals surface area contributed by atoms with E-state index in [1.807, 2.05) is 0 Å². The monoisotopic (exact) mass is 98.1 g/mol. The van der Waals surface area contributed by atoms with Crippen LogP contribution in [0.25, 0.3) is 0 Å². The van der Waals surface area contributed by atoms with Gasteiger partial charge in [-0.2, -0.15) is 0 Å². The van der Waals surface area contributed by atoms with Gasteiger partial charge in [0.25, 0.3) is 0 Å². The maximum absolute atomic E-state index is 2.44. The molecule has 0 spiro atoms. The third-order valence-corrected chi connectivity index (χ3v) is 1.48. The summed E-state index contributed by atoms with van der Waals surface area (Å²) < 4.78 is 0. The van der Waals surface area contributed by atoms with Crippen molar-refractivity contribution in [2.45, 2.75) is 0 Å². The van der Waals surface area contributed by atoms with Gasteiger partial charge in [0.2, 0.25) is 0 Å². The molecule has 2 saturated heterocycles. The molecule has 2 heteroatoms. The van der Waals surface area contributed by atoms with E-state index in [4.69, 9.17) is 0 Å². The van der Waals surface area contributed by atoms with Gasteiger partial charge in [0.15, 0.2) is 0 Å². The van der Waals surface area contributed by atoms with Crippen LogP contribution in [0.15, 0.2) is 0 Å². The van der Waals surface area contributed by atoms with Gasteiger partial charge in [-0.05, 0) is 0 Å². The van der Waals surface area contributed by atoms with Gasteiger partial charge >= 0.3 is 0 Å². The molecule has 2 nitrogen and oxygen atoms in total. The predicted octanol–water partition coefficient (Wildman–Crippen LogP) is -0.425. The van der Waals surface area contributed by atoms with Crippen LogP contribution in [0.1, 0.15) is 0 Å². The highest BCUT2D eigenvalue weighted by atomic mass is 15.4. The van der Waals surface area contributed by atoms with Gasteiger partial charge in [0.1, 0.15) is 0 Å². The Morgan fingerprint density at radius 3 is 1.57 bits per heavy atom. The maximum atomic E-state index is 2.44. The van der Waals surface area contributed by atoms with Gasteiger partial charge in [0.05, 0.1) is 6.67 Å². The lowest BCUT2D eigenvalue weighted by atomic mass is 11.0. The maximum Gasteiger partial charge on any atom is 0.0508 e. The van der Waals surface area contributed by atoms with Gasteiger partial charge < -0.3 is 0 Å². The van der Waals surface area contributed by atoms with Crippen molar-refractivity contribution in [1.82, 2.24) is 9.80 Å². The minimum Gasteiger partial charge on any atom is -0.288 e. The molecule has 0 aromatic rings. The molecule has 2 fully saturated rings. The molecule has 2 heterocycles. The second kappa shape index (κ2) is 1.20. The van der Waals surface area contributed by atoms with E-state index in [-0.39, 0.29) is 0 Å². The normalized spacial score (nSPS) is 30.9. The zero-order valence-electron chi connectivity index (χ0n) is 4.43. The molecule has 0 bridgehead atoms. The highest BCUT2D eigenvalue weighted by Crippen LogP contribution is 2.10. The van der Waals surface area contributed by atoms with Gasteiger partial charge in [-0.15, -0.1) is 0 Å². The van der Waals surface area contributed by atoms with E-state index in [0.29, 0.717) is 0 Å². The summed E-state index contributed by atoms with van der Waals surface area (Å²) in [5.41, 5.74) is 0. The molecule has 0 atom stereocenters. The van der Waals surface area contributed by atoms with Crippen LogP contribution in [0.3, 0.4) is 0 Å². The Balaban J connectivity index is 1.69. The van der Waals surface area contributed by atoms with Crippen LogP contribution in [0.5, 0.6) is 0 Å². The molecule has 0 aliphatic carbocycles. The molecule has 7 heavy (non-hydrogen) atoms. The Bertz CT molecular complexity index is 64.1. The summed E-state index contributed by atoms with van der Waals surface area (Å²) in [6, 6.07) is 0. The SMILES string of the molecule is C1CN1CN1CC1. The fourth-order valence-electron chi connectivity index (χ4n) is 0.707. The Hall–Kier alpha value is -0.0800. The molecule has 2 rings (SSSR count). The molecule has 2 aliphatic rings. The van der Waals surface area contributed by atoms with E-state index >= 15 is 0 Å². The van der Waals surface area contributed by atoms with Crippen LogP contribution in [-0.4, -0.2) is 42.6 Å². The Kier molecular flexibility index (Phi) is 0.664. The fourth-order valence-corrected chi connectivity index (χ4v) is 0.707. The summed E-state index contributed by atoms with van der Waals surface area (Å²) in [6.45, 7) is 6.62. The van der Waals surface area contributed by atoms with Crippen LogP contribution in [0.4, 0.5) is 0 Å². The fraction of sp³-hybridized carbons (Fsp3) is 1.00. The largest absolute Gasteiger partial charge is 0.288 e. The first-order valence-electron chi connectivity index (χ1n) is 2.90. The lowest BCUT2D eigenvalue weighted by Gasteiger charge is -1.96. The number of hydrogen-bond donors (Lipinski definition) is 0.